The van der Waals surface area contributed by atoms with Crippen LogP contribution in [-0.4, -0.2) is 74.2 Å². The lowest BCUT2D eigenvalue weighted by Crippen LogP contribution is -2.35. The third-order valence-corrected chi connectivity index (χ3v) is 5.73. The number of methoxy groups -OCH3 is 3. The first-order valence-electron chi connectivity index (χ1n) is 10.5. The van der Waals surface area contributed by atoms with Gasteiger partial charge in [-0.1, -0.05) is 24.3 Å². The molecule has 1 amide bonds. The molecule has 2 aliphatic rings. The van der Waals surface area contributed by atoms with Crippen molar-refractivity contribution in [3.8, 4) is 11.8 Å². The number of benzene rings is 1. The molecule has 2 N–H and O–H groups in total. The van der Waals surface area contributed by atoms with Crippen LogP contribution in [0.5, 0.6) is 11.8 Å². The van der Waals surface area contributed by atoms with E-state index in [4.69, 9.17) is 24.1 Å². The van der Waals surface area contributed by atoms with Crippen LogP contribution in [0.15, 0.2) is 30.3 Å². The van der Waals surface area contributed by atoms with Crippen molar-refractivity contribution >= 4 is 17.8 Å². The first-order chi connectivity index (χ1) is 16.6. The van der Waals surface area contributed by atoms with Crippen LogP contribution in [0.2, 0.25) is 0 Å². The number of hydrogen-bond donors (Lipinski definition) is 2. The number of hydrogen-bond acceptors (Lipinski definition) is 8. The number of carbonyl (C=O) groups is 2. The Hall–Kier alpha value is -3.61. The van der Waals surface area contributed by atoms with E-state index in [0.717, 1.165) is 13.1 Å². The Bertz CT molecular complexity index is 1050. The van der Waals surface area contributed by atoms with Gasteiger partial charge in [0.25, 0.3) is 0 Å². The first-order valence-corrected chi connectivity index (χ1v) is 10.5. The SMILES string of the molecule is COCC(=O)N[C@@H]1c2ccccc2[C@@H]2CN(c3nc(OC)cc(OC)n3)C[C@H]12.O=C(O)C(F)(F)F. The number of fused-ring (bicyclic) bond motifs is 3. The second kappa shape index (κ2) is 10.8. The number of halogens is 3. The molecule has 1 aliphatic carbocycles. The smallest absolute Gasteiger partial charge is 0.481 e. The fourth-order valence-electron chi connectivity index (χ4n) is 4.30. The molecule has 0 saturated carbocycles. The number of aliphatic carboxylic acids is 1. The van der Waals surface area contributed by atoms with Crippen LogP contribution in [0.4, 0.5) is 19.1 Å². The highest BCUT2D eigenvalue weighted by molar-refractivity contribution is 5.78. The number of carboxylic acid groups (broad SMARTS) is 1. The number of nitrogens with zero attached hydrogens (tertiary/aromatic N) is 3. The van der Waals surface area contributed by atoms with Crippen molar-refractivity contribution in [2.45, 2.75) is 18.1 Å². The molecule has 3 atom stereocenters. The van der Waals surface area contributed by atoms with Crippen molar-refractivity contribution < 1.29 is 42.1 Å². The Labute approximate surface area is 199 Å². The molecule has 0 spiro atoms. The zero-order valence-electron chi connectivity index (χ0n) is 19.2. The quantitative estimate of drug-likeness (QED) is 0.617. The standard InChI is InChI=1S/C20H24N4O4.C2HF3O2/c1-26-11-16(25)21-19-13-7-5-4-6-12(13)14-9-24(10-15(14)19)20-22-17(27-2)8-18(23-20)28-3;3-2(4,5)1(6)7/h4-8,14-15,19H,9-11H2,1-3H3,(H,21,25);(H,6,7)/t14-,15-,19+;/m0./s1. The van der Waals surface area contributed by atoms with Gasteiger partial charge in [0.15, 0.2) is 0 Å². The molecule has 1 saturated heterocycles. The Morgan fingerprint density at radius 1 is 1.09 bits per heavy atom. The number of aromatic nitrogens is 2. The van der Waals surface area contributed by atoms with Gasteiger partial charge >= 0.3 is 12.1 Å². The molecule has 0 radical (unpaired) electrons. The molecule has 0 unspecified atom stereocenters. The summed E-state index contributed by atoms with van der Waals surface area (Å²) in [5.41, 5.74) is 2.46. The maximum Gasteiger partial charge on any atom is 0.490 e. The summed E-state index contributed by atoms with van der Waals surface area (Å²) in [6.07, 6.45) is -5.08. The molecule has 2 heterocycles. The van der Waals surface area contributed by atoms with E-state index in [1.807, 2.05) is 12.1 Å². The van der Waals surface area contributed by atoms with E-state index in [2.05, 4.69) is 32.3 Å². The lowest BCUT2D eigenvalue weighted by atomic mass is 9.94. The van der Waals surface area contributed by atoms with Crippen LogP contribution in [0.25, 0.3) is 0 Å². The number of anilines is 1. The van der Waals surface area contributed by atoms with Crippen molar-refractivity contribution in [1.29, 1.82) is 0 Å². The minimum absolute atomic E-state index is 0.0515. The molecular weight excluding hydrogens is 473 g/mol. The molecule has 1 aromatic carbocycles. The maximum atomic E-state index is 12.2. The summed E-state index contributed by atoms with van der Waals surface area (Å²) in [5.74, 6) is -0.837. The summed E-state index contributed by atoms with van der Waals surface area (Å²) >= 11 is 0. The average molecular weight is 498 g/mol. The van der Waals surface area contributed by atoms with Crippen molar-refractivity contribution in [3.05, 3.63) is 41.5 Å². The minimum atomic E-state index is -5.08. The Morgan fingerprint density at radius 3 is 2.17 bits per heavy atom. The van der Waals surface area contributed by atoms with E-state index in [9.17, 15) is 18.0 Å². The number of amides is 1. The van der Waals surface area contributed by atoms with Crippen molar-refractivity contribution in [2.24, 2.45) is 5.92 Å². The van der Waals surface area contributed by atoms with E-state index < -0.39 is 12.1 Å². The van der Waals surface area contributed by atoms with E-state index in [-0.39, 0.29) is 24.5 Å². The Morgan fingerprint density at radius 2 is 1.66 bits per heavy atom. The van der Waals surface area contributed by atoms with Crippen molar-refractivity contribution in [1.82, 2.24) is 15.3 Å². The van der Waals surface area contributed by atoms with Crippen LogP contribution in [0.1, 0.15) is 23.1 Å². The third kappa shape index (κ3) is 5.91. The van der Waals surface area contributed by atoms with Gasteiger partial charge in [0.2, 0.25) is 23.6 Å². The zero-order valence-corrected chi connectivity index (χ0v) is 19.2. The topological polar surface area (TPSA) is 123 Å². The van der Waals surface area contributed by atoms with Gasteiger partial charge < -0.3 is 29.5 Å². The number of carboxylic acids is 1. The van der Waals surface area contributed by atoms with Crippen molar-refractivity contribution in [2.75, 3.05) is 45.9 Å². The molecule has 0 bridgehead atoms. The highest BCUT2D eigenvalue weighted by Gasteiger charge is 2.47. The summed E-state index contributed by atoms with van der Waals surface area (Å²) in [4.78, 5) is 32.2. The lowest BCUT2D eigenvalue weighted by molar-refractivity contribution is -0.192. The maximum absolute atomic E-state index is 12.2. The summed E-state index contributed by atoms with van der Waals surface area (Å²) in [5, 5.41) is 10.3. The largest absolute Gasteiger partial charge is 0.490 e. The number of ether oxygens (including phenoxy) is 3. The van der Waals surface area contributed by atoms with Crippen LogP contribution >= 0.6 is 0 Å². The van der Waals surface area contributed by atoms with Gasteiger partial charge in [-0.05, 0) is 11.1 Å². The molecule has 4 rings (SSSR count). The number of nitrogens with one attached hydrogen (secondary N) is 1. The highest BCUT2D eigenvalue weighted by atomic mass is 19.4. The molecule has 1 aliphatic heterocycles. The summed E-state index contributed by atoms with van der Waals surface area (Å²) < 4.78 is 47.3. The summed E-state index contributed by atoms with van der Waals surface area (Å²) in [7, 11) is 4.67. The molecular formula is C22H25F3N4O6. The van der Waals surface area contributed by atoms with Crippen LogP contribution in [0, 0.1) is 5.92 Å². The zero-order chi connectivity index (χ0) is 25.8. The highest BCUT2D eigenvalue weighted by Crippen LogP contribution is 2.49. The Balaban J connectivity index is 0.000000429. The molecule has 2 aromatic rings. The molecule has 10 nitrogen and oxygen atoms in total. The number of alkyl halides is 3. The Kier molecular flexibility index (Phi) is 7.99. The third-order valence-electron chi connectivity index (χ3n) is 5.73. The van der Waals surface area contributed by atoms with Gasteiger partial charge in [-0.3, -0.25) is 4.79 Å². The van der Waals surface area contributed by atoms with Gasteiger partial charge in [-0.25, -0.2) is 4.79 Å². The molecule has 190 valence electrons. The first kappa shape index (κ1) is 26.0. The number of carbonyl (C=O) groups excluding carboxylic acids is 1. The summed E-state index contributed by atoms with van der Waals surface area (Å²) in [6, 6.07) is 9.91. The monoisotopic (exact) mass is 498 g/mol. The fraction of sp³-hybridized carbons (Fsp3) is 0.455. The predicted octanol–water partition coefficient (Wildman–Crippen LogP) is 2.16. The van der Waals surface area contributed by atoms with E-state index >= 15 is 0 Å². The number of rotatable bonds is 6. The van der Waals surface area contributed by atoms with Gasteiger partial charge in [-0.15, -0.1) is 0 Å². The van der Waals surface area contributed by atoms with Gasteiger partial charge in [0.05, 0.1) is 26.3 Å². The lowest BCUT2D eigenvalue weighted by Gasteiger charge is -2.23. The van der Waals surface area contributed by atoms with E-state index in [1.54, 1.807) is 20.3 Å². The normalized spacial score (nSPS) is 20.3. The van der Waals surface area contributed by atoms with Gasteiger partial charge in [0.1, 0.15) is 6.61 Å². The van der Waals surface area contributed by atoms with Crippen LogP contribution in [0.3, 0.4) is 0 Å². The van der Waals surface area contributed by atoms with Crippen LogP contribution < -0.4 is 19.7 Å². The second-order valence-corrected chi connectivity index (χ2v) is 7.84. The fourth-order valence-corrected chi connectivity index (χ4v) is 4.30. The molecule has 35 heavy (non-hydrogen) atoms. The molecule has 1 aromatic heterocycles. The second-order valence-electron chi connectivity index (χ2n) is 7.84. The minimum Gasteiger partial charge on any atom is -0.481 e. The van der Waals surface area contributed by atoms with Crippen molar-refractivity contribution in [3.63, 3.8) is 0 Å². The predicted molar refractivity (Wildman–Crippen MR) is 116 cm³/mol. The van der Waals surface area contributed by atoms with E-state index in [0.29, 0.717) is 23.6 Å². The van der Waals surface area contributed by atoms with Crippen LogP contribution in [-0.2, 0) is 14.3 Å². The molecule has 1 fully saturated rings. The van der Waals surface area contributed by atoms with E-state index in [1.165, 1.54) is 18.2 Å². The van der Waals surface area contributed by atoms with Gasteiger partial charge in [-0.2, -0.15) is 23.1 Å². The molecule has 13 heteroatoms. The van der Waals surface area contributed by atoms with Gasteiger partial charge in [0, 0.05) is 32.0 Å². The summed E-state index contributed by atoms with van der Waals surface area (Å²) in [6.45, 7) is 1.55. The average Bonchev–Trinajstić information content (AvgIpc) is 3.38.